The maximum absolute atomic E-state index is 12.8. The van der Waals surface area contributed by atoms with Crippen LogP contribution in [0.4, 0.5) is 19.0 Å². The summed E-state index contributed by atoms with van der Waals surface area (Å²) < 4.78 is 38.4. The van der Waals surface area contributed by atoms with Crippen molar-refractivity contribution in [2.45, 2.75) is 19.5 Å². The Balaban J connectivity index is 1.67. The molecule has 0 saturated carbocycles. The van der Waals surface area contributed by atoms with Crippen LogP contribution in [0.25, 0.3) is 11.0 Å². The second kappa shape index (κ2) is 9.63. The molecule has 3 heterocycles. The topological polar surface area (TPSA) is 53.6 Å². The third-order valence-corrected chi connectivity index (χ3v) is 4.61. The van der Waals surface area contributed by atoms with Gasteiger partial charge in [0, 0.05) is 48.1 Å². The lowest BCUT2D eigenvalue weighted by molar-refractivity contribution is -0.0913. The highest BCUT2D eigenvalue weighted by molar-refractivity contribution is 6.25. The molecule has 0 amide bonds. The fourth-order valence-electron chi connectivity index (χ4n) is 2.88. The van der Waals surface area contributed by atoms with Gasteiger partial charge in [-0.25, -0.2) is 9.97 Å². The van der Waals surface area contributed by atoms with Gasteiger partial charge in [0.05, 0.1) is 0 Å². The zero-order chi connectivity index (χ0) is 21.6. The minimum Gasteiger partial charge on any atom is -0.366 e. The molecule has 0 aromatic carbocycles. The molecule has 0 atom stereocenters. The molecule has 3 aromatic heterocycles. The van der Waals surface area contributed by atoms with E-state index >= 15 is 0 Å². The second-order valence-electron chi connectivity index (χ2n) is 6.68. The summed E-state index contributed by atoms with van der Waals surface area (Å²) in [5, 5.41) is 4.11. The highest BCUT2D eigenvalue weighted by atomic mass is 35.5. The molecule has 156 valence electrons. The summed E-state index contributed by atoms with van der Waals surface area (Å²) in [6.45, 7) is 1.21. The van der Waals surface area contributed by atoms with Gasteiger partial charge in [0.25, 0.3) is 0 Å². The number of hydrogen-bond acceptors (Lipinski definition) is 3. The zero-order valence-corrected chi connectivity index (χ0v) is 16.9. The van der Waals surface area contributed by atoms with Crippen molar-refractivity contribution in [1.82, 2.24) is 15.0 Å². The number of hydrogen-bond donors (Lipinski definition) is 2. The van der Waals surface area contributed by atoms with Crippen molar-refractivity contribution in [2.24, 2.45) is 0 Å². The van der Waals surface area contributed by atoms with Crippen LogP contribution in [0.5, 0.6) is 0 Å². The van der Waals surface area contributed by atoms with Crippen molar-refractivity contribution in [3.63, 3.8) is 0 Å². The van der Waals surface area contributed by atoms with Crippen LogP contribution in [0, 0.1) is 0 Å². The van der Waals surface area contributed by atoms with E-state index in [0.717, 1.165) is 35.2 Å². The maximum Gasteiger partial charge on any atom is 0.412 e. The van der Waals surface area contributed by atoms with E-state index in [0.29, 0.717) is 17.8 Å². The van der Waals surface area contributed by atoms with Crippen molar-refractivity contribution in [1.29, 1.82) is 0 Å². The zero-order valence-electron chi connectivity index (χ0n) is 16.2. The molecule has 2 N–H and O–H groups in total. The number of nitrogens with zero attached hydrogens (tertiary/aromatic N) is 2. The molecule has 3 aromatic rings. The number of anilines is 1. The predicted molar refractivity (Wildman–Crippen MR) is 115 cm³/mol. The predicted octanol–water partition coefficient (Wildman–Crippen LogP) is 6.15. The van der Waals surface area contributed by atoms with Crippen LogP contribution in [-0.2, 0) is 6.42 Å². The van der Waals surface area contributed by atoms with Crippen LogP contribution < -0.4 is 5.32 Å². The van der Waals surface area contributed by atoms with Crippen molar-refractivity contribution >= 4 is 28.5 Å². The summed E-state index contributed by atoms with van der Waals surface area (Å²) in [5.41, 5.74) is 3.95. The number of pyridine rings is 2. The minimum atomic E-state index is -4.37. The number of alkyl halides is 3. The summed E-state index contributed by atoms with van der Waals surface area (Å²) in [4.78, 5) is 11.8. The van der Waals surface area contributed by atoms with Gasteiger partial charge in [0.2, 0.25) is 0 Å². The Hall–Kier alpha value is -3.06. The van der Waals surface area contributed by atoms with Gasteiger partial charge in [-0.1, -0.05) is 29.8 Å². The summed E-state index contributed by atoms with van der Waals surface area (Å²) in [5.74, 6) is 0.568. The molecule has 8 heteroatoms. The molecule has 30 heavy (non-hydrogen) atoms. The van der Waals surface area contributed by atoms with Crippen molar-refractivity contribution < 1.29 is 13.2 Å². The van der Waals surface area contributed by atoms with Gasteiger partial charge in [-0.2, -0.15) is 13.2 Å². The molecule has 4 nitrogen and oxygen atoms in total. The van der Waals surface area contributed by atoms with E-state index in [2.05, 4.69) is 20.3 Å². The fraction of sp³-hybridized carbons (Fsp3) is 0.182. The SMILES string of the molecule is C\C(=C/C(=C\C=C\Cl)CNc1ccc(Cc2c[nH]c3ncccc23)cn1)C(F)(F)F. The van der Waals surface area contributed by atoms with Crippen LogP contribution >= 0.6 is 11.6 Å². The molecule has 0 unspecified atom stereocenters. The van der Waals surface area contributed by atoms with Gasteiger partial charge in [0.15, 0.2) is 0 Å². The third kappa shape index (κ3) is 5.73. The number of nitrogens with one attached hydrogen (secondary N) is 2. The Labute approximate surface area is 177 Å². The first kappa shape index (κ1) is 21.6. The minimum absolute atomic E-state index is 0.176. The smallest absolute Gasteiger partial charge is 0.366 e. The van der Waals surface area contributed by atoms with Crippen LogP contribution in [0.2, 0.25) is 0 Å². The van der Waals surface area contributed by atoms with Gasteiger partial charge in [-0.05, 0) is 47.9 Å². The first-order valence-corrected chi connectivity index (χ1v) is 9.61. The summed E-state index contributed by atoms with van der Waals surface area (Å²) in [6, 6.07) is 7.64. The molecular weight excluding hydrogens is 413 g/mol. The normalized spacial score (nSPS) is 13.4. The van der Waals surface area contributed by atoms with Crippen LogP contribution in [-0.4, -0.2) is 27.7 Å². The van der Waals surface area contributed by atoms with Gasteiger partial charge in [0.1, 0.15) is 11.5 Å². The standard InChI is InChI=1S/C22H20ClF3N4/c1-15(22(24,25)26)10-16(4-2-8-23)12-28-20-7-6-17(13-29-20)11-18-14-30-21-19(18)5-3-9-27-21/h2-10,13-14H,11-12H2,1H3,(H,27,30)(H,28,29)/b8-2+,15-10+,16-4+. The molecule has 0 aliphatic carbocycles. The monoisotopic (exact) mass is 432 g/mol. The lowest BCUT2D eigenvalue weighted by atomic mass is 10.1. The van der Waals surface area contributed by atoms with E-state index in [1.165, 1.54) is 17.7 Å². The molecule has 0 saturated heterocycles. The molecule has 0 radical (unpaired) electrons. The average molecular weight is 433 g/mol. The number of halogens is 4. The summed E-state index contributed by atoms with van der Waals surface area (Å²) >= 11 is 5.49. The van der Waals surface area contributed by atoms with Crippen molar-refractivity contribution in [3.05, 3.63) is 88.9 Å². The van der Waals surface area contributed by atoms with Crippen LogP contribution in [0.15, 0.2) is 77.8 Å². The first-order chi connectivity index (χ1) is 14.4. The van der Waals surface area contributed by atoms with E-state index in [4.69, 9.17) is 11.6 Å². The molecule has 3 rings (SSSR count). The highest BCUT2D eigenvalue weighted by Crippen LogP contribution is 2.26. The molecule has 0 aliphatic heterocycles. The third-order valence-electron chi connectivity index (χ3n) is 4.46. The van der Waals surface area contributed by atoms with Gasteiger partial charge < -0.3 is 10.3 Å². The Bertz CT molecular complexity index is 1080. The largest absolute Gasteiger partial charge is 0.412 e. The van der Waals surface area contributed by atoms with E-state index in [-0.39, 0.29) is 6.54 Å². The molecule has 0 bridgehead atoms. The van der Waals surface area contributed by atoms with E-state index in [1.54, 1.807) is 18.5 Å². The fourth-order valence-corrected chi connectivity index (χ4v) is 2.96. The first-order valence-electron chi connectivity index (χ1n) is 9.18. The van der Waals surface area contributed by atoms with Gasteiger partial charge in [-0.15, -0.1) is 0 Å². The Kier molecular flexibility index (Phi) is 6.95. The number of aromatic amines is 1. The average Bonchev–Trinajstić information content (AvgIpc) is 3.13. The molecule has 0 fully saturated rings. The Morgan fingerprint density at radius 2 is 2.07 bits per heavy atom. The summed E-state index contributed by atoms with van der Waals surface area (Å²) in [6.07, 6.45) is 5.82. The van der Waals surface area contributed by atoms with Crippen molar-refractivity contribution in [2.75, 3.05) is 11.9 Å². The van der Waals surface area contributed by atoms with Gasteiger partial charge >= 0.3 is 6.18 Å². The maximum atomic E-state index is 12.8. The summed E-state index contributed by atoms with van der Waals surface area (Å²) in [7, 11) is 0. The Morgan fingerprint density at radius 3 is 2.77 bits per heavy atom. The van der Waals surface area contributed by atoms with E-state index in [9.17, 15) is 13.2 Å². The number of H-pyrrole nitrogens is 1. The van der Waals surface area contributed by atoms with E-state index in [1.807, 2.05) is 24.4 Å². The lowest BCUT2D eigenvalue weighted by Crippen LogP contribution is -2.11. The number of rotatable bonds is 7. The van der Waals surface area contributed by atoms with Crippen LogP contribution in [0.1, 0.15) is 18.1 Å². The quantitative estimate of drug-likeness (QED) is 0.440. The van der Waals surface area contributed by atoms with Crippen molar-refractivity contribution in [3.8, 4) is 0 Å². The number of allylic oxidation sites excluding steroid dienone is 3. The van der Waals surface area contributed by atoms with E-state index < -0.39 is 11.7 Å². The molecule has 0 spiro atoms. The number of fused-ring (bicyclic) bond motifs is 1. The molecule has 0 aliphatic rings. The lowest BCUT2D eigenvalue weighted by Gasteiger charge is -2.10. The second-order valence-corrected chi connectivity index (χ2v) is 6.93. The highest BCUT2D eigenvalue weighted by Gasteiger charge is 2.29. The number of aromatic nitrogens is 3. The van der Waals surface area contributed by atoms with Crippen LogP contribution in [0.3, 0.4) is 0 Å². The molecular formula is C22H20ClF3N4. The van der Waals surface area contributed by atoms with Gasteiger partial charge in [-0.3, -0.25) is 0 Å². The Morgan fingerprint density at radius 1 is 1.23 bits per heavy atom.